The minimum atomic E-state index is 0.674. The van der Waals surface area contributed by atoms with E-state index in [4.69, 9.17) is 4.74 Å². The van der Waals surface area contributed by atoms with Crippen LogP contribution in [0.5, 0.6) is 0 Å². The molecule has 0 aromatic rings. The van der Waals surface area contributed by atoms with E-state index in [1.54, 1.807) is 19.3 Å². The van der Waals surface area contributed by atoms with Gasteiger partial charge >= 0.3 is 0 Å². The van der Waals surface area contributed by atoms with Gasteiger partial charge in [-0.25, -0.2) is 0 Å². The minimum Gasteiger partial charge on any atom is -0.378 e. The van der Waals surface area contributed by atoms with Crippen molar-refractivity contribution in [3.63, 3.8) is 0 Å². The summed E-state index contributed by atoms with van der Waals surface area (Å²) in [6.07, 6.45) is 9.71. The van der Waals surface area contributed by atoms with Crippen molar-refractivity contribution in [3.05, 3.63) is 0 Å². The zero-order valence-corrected chi connectivity index (χ0v) is 11.6. The van der Waals surface area contributed by atoms with Crippen LogP contribution in [0.15, 0.2) is 0 Å². The lowest BCUT2D eigenvalue weighted by Crippen LogP contribution is -2.67. The van der Waals surface area contributed by atoms with Gasteiger partial charge in [-0.1, -0.05) is 6.92 Å². The van der Waals surface area contributed by atoms with Gasteiger partial charge in [0.1, 0.15) is 0 Å². The van der Waals surface area contributed by atoms with E-state index in [2.05, 4.69) is 6.92 Å². The van der Waals surface area contributed by atoms with Gasteiger partial charge in [-0.2, -0.15) is 0 Å². The Balaban J connectivity index is 1.51. The fourth-order valence-corrected chi connectivity index (χ4v) is 7.36. The average molecular weight is 246 g/mol. The van der Waals surface area contributed by atoms with Crippen LogP contribution < -0.4 is 0 Å². The lowest BCUT2D eigenvalue weighted by Gasteiger charge is -2.71. The Labute approximate surface area is 111 Å². The van der Waals surface area contributed by atoms with Crippen molar-refractivity contribution in [2.75, 3.05) is 6.61 Å². The van der Waals surface area contributed by atoms with Gasteiger partial charge in [0, 0.05) is 6.61 Å². The molecule has 0 spiro atoms. The molecule has 1 nitrogen and oxygen atoms in total. The minimum absolute atomic E-state index is 0.674. The lowest BCUT2D eigenvalue weighted by atomic mass is 9.35. The summed E-state index contributed by atoms with van der Waals surface area (Å²) < 4.78 is 6.35. The molecule has 5 unspecified atom stereocenters. The van der Waals surface area contributed by atoms with E-state index in [1.165, 1.54) is 19.3 Å². The van der Waals surface area contributed by atoms with E-state index in [0.717, 1.165) is 54.0 Å². The molecule has 0 aromatic heterocycles. The molecule has 5 atom stereocenters. The van der Waals surface area contributed by atoms with E-state index < -0.39 is 0 Å². The van der Waals surface area contributed by atoms with Gasteiger partial charge in [-0.15, -0.1) is 0 Å². The molecule has 0 aliphatic heterocycles. The van der Waals surface area contributed by atoms with Crippen molar-refractivity contribution in [1.82, 2.24) is 0 Å². The number of rotatable bonds is 3. The fourth-order valence-electron chi connectivity index (χ4n) is 7.36. The van der Waals surface area contributed by atoms with Crippen molar-refractivity contribution in [3.8, 4) is 0 Å². The average Bonchev–Trinajstić information content (AvgIpc) is 2.41. The van der Waals surface area contributed by atoms with Crippen LogP contribution in [0.3, 0.4) is 0 Å². The molecule has 0 aromatic carbocycles. The van der Waals surface area contributed by atoms with Crippen molar-refractivity contribution < 1.29 is 4.74 Å². The standard InChI is InChI=1S/C17H26O/c1-2-3-18-17-10-7-12-11-4-9-5-14(12)16(17)15(6-9)13(11)8-10/h9-17H,2-8H2,1H3. The van der Waals surface area contributed by atoms with Crippen molar-refractivity contribution >= 4 is 0 Å². The van der Waals surface area contributed by atoms with E-state index in [9.17, 15) is 0 Å². The normalized spacial score (nSPS) is 62.8. The topological polar surface area (TPSA) is 9.23 Å². The third-order valence-electron chi connectivity index (χ3n) is 7.51. The van der Waals surface area contributed by atoms with Crippen LogP contribution in [0.25, 0.3) is 0 Å². The molecule has 0 heterocycles. The quantitative estimate of drug-likeness (QED) is 0.737. The molecule has 7 fully saturated rings. The second kappa shape index (κ2) is 3.53. The molecule has 8 bridgehead atoms. The summed E-state index contributed by atoms with van der Waals surface area (Å²) in [6.45, 7) is 3.27. The number of hydrogen-bond acceptors (Lipinski definition) is 1. The van der Waals surface area contributed by atoms with Gasteiger partial charge in [0.2, 0.25) is 0 Å². The van der Waals surface area contributed by atoms with E-state index in [0.29, 0.717) is 6.10 Å². The van der Waals surface area contributed by atoms with E-state index >= 15 is 0 Å². The summed E-state index contributed by atoms with van der Waals surface area (Å²) in [7, 11) is 0. The SMILES string of the molecule is CCCOC1C2CC3C4CC5CC3C1C(C5)C4C2. The van der Waals surface area contributed by atoms with Crippen LogP contribution in [-0.4, -0.2) is 12.7 Å². The molecule has 0 N–H and O–H groups in total. The molecule has 7 aliphatic carbocycles. The van der Waals surface area contributed by atoms with Crippen LogP contribution in [0.2, 0.25) is 0 Å². The zero-order valence-electron chi connectivity index (χ0n) is 11.6. The Morgan fingerprint density at radius 1 is 0.833 bits per heavy atom. The Kier molecular flexibility index (Phi) is 2.10. The smallest absolute Gasteiger partial charge is 0.0637 e. The maximum Gasteiger partial charge on any atom is 0.0637 e. The first kappa shape index (κ1) is 10.7. The van der Waals surface area contributed by atoms with Crippen LogP contribution >= 0.6 is 0 Å². The fraction of sp³-hybridized carbons (Fsp3) is 1.00. The molecule has 0 radical (unpaired) electrons. The Morgan fingerprint density at radius 2 is 1.44 bits per heavy atom. The van der Waals surface area contributed by atoms with Crippen LogP contribution in [0, 0.1) is 47.3 Å². The predicted molar refractivity (Wildman–Crippen MR) is 71.0 cm³/mol. The van der Waals surface area contributed by atoms with Gasteiger partial charge in [0.05, 0.1) is 6.10 Å². The summed E-state index contributed by atoms with van der Waals surface area (Å²) in [5.41, 5.74) is 0. The van der Waals surface area contributed by atoms with E-state index in [1.807, 2.05) is 0 Å². The Hall–Kier alpha value is -0.0400. The summed E-state index contributed by atoms with van der Waals surface area (Å²) >= 11 is 0. The summed E-state index contributed by atoms with van der Waals surface area (Å²) in [5.74, 6) is 8.66. The van der Waals surface area contributed by atoms with Crippen molar-refractivity contribution in [2.45, 2.75) is 51.6 Å². The first-order valence-corrected chi connectivity index (χ1v) is 8.48. The largest absolute Gasteiger partial charge is 0.378 e. The molecule has 1 heteroatoms. The van der Waals surface area contributed by atoms with Gasteiger partial charge in [0.25, 0.3) is 0 Å². The molecule has 0 saturated heterocycles. The third-order valence-corrected chi connectivity index (χ3v) is 7.51. The molecule has 0 amide bonds. The molecular formula is C17H26O. The van der Waals surface area contributed by atoms with Crippen molar-refractivity contribution in [2.24, 2.45) is 47.3 Å². The number of ether oxygens (including phenoxy) is 1. The summed E-state index contributed by atoms with van der Waals surface area (Å²) in [5, 5.41) is 0. The first-order chi connectivity index (χ1) is 8.86. The Morgan fingerprint density at radius 3 is 2.11 bits per heavy atom. The molecule has 100 valence electrons. The van der Waals surface area contributed by atoms with Crippen LogP contribution in [-0.2, 0) is 4.74 Å². The highest BCUT2D eigenvalue weighted by atomic mass is 16.5. The van der Waals surface area contributed by atoms with E-state index in [-0.39, 0.29) is 0 Å². The zero-order chi connectivity index (χ0) is 11.9. The highest BCUT2D eigenvalue weighted by Gasteiger charge is 2.66. The second-order valence-electron chi connectivity index (χ2n) is 8.04. The van der Waals surface area contributed by atoms with Crippen LogP contribution in [0.4, 0.5) is 0 Å². The van der Waals surface area contributed by atoms with Gasteiger partial charge in [0.15, 0.2) is 0 Å². The highest BCUT2D eigenvalue weighted by molar-refractivity contribution is 5.15. The first-order valence-electron chi connectivity index (χ1n) is 8.48. The maximum absolute atomic E-state index is 6.35. The monoisotopic (exact) mass is 246 g/mol. The number of hydrogen-bond donors (Lipinski definition) is 0. The summed E-state index contributed by atoms with van der Waals surface area (Å²) in [6, 6.07) is 0. The van der Waals surface area contributed by atoms with Crippen molar-refractivity contribution in [1.29, 1.82) is 0 Å². The highest BCUT2D eigenvalue weighted by Crippen LogP contribution is 2.71. The van der Waals surface area contributed by atoms with Gasteiger partial charge < -0.3 is 4.74 Å². The molecule has 7 saturated carbocycles. The lowest BCUT2D eigenvalue weighted by molar-refractivity contribution is -0.257. The Bertz CT molecular complexity index is 341. The summed E-state index contributed by atoms with van der Waals surface area (Å²) in [4.78, 5) is 0. The maximum atomic E-state index is 6.35. The molecule has 18 heavy (non-hydrogen) atoms. The molecular weight excluding hydrogens is 220 g/mol. The van der Waals surface area contributed by atoms with Gasteiger partial charge in [-0.3, -0.25) is 0 Å². The predicted octanol–water partition coefficient (Wildman–Crippen LogP) is 3.73. The second-order valence-corrected chi connectivity index (χ2v) is 8.04. The van der Waals surface area contributed by atoms with Gasteiger partial charge in [-0.05, 0) is 85.9 Å². The third kappa shape index (κ3) is 1.14. The molecule has 7 rings (SSSR count). The molecule has 7 aliphatic rings. The van der Waals surface area contributed by atoms with Crippen LogP contribution in [0.1, 0.15) is 45.4 Å².